The Kier molecular flexibility index (Phi) is 4.49. The van der Waals surface area contributed by atoms with Gasteiger partial charge in [0.1, 0.15) is 10.6 Å². The van der Waals surface area contributed by atoms with Crippen molar-refractivity contribution in [3.05, 3.63) is 6.20 Å². The van der Waals surface area contributed by atoms with Crippen LogP contribution in [-0.2, 0) is 4.74 Å². The number of nitrogens with zero attached hydrogens (tertiary/aromatic N) is 2. The molecule has 1 amide bonds. The summed E-state index contributed by atoms with van der Waals surface area (Å²) in [5.74, 6) is 0. The van der Waals surface area contributed by atoms with Gasteiger partial charge in [-0.25, -0.2) is 9.78 Å². The molecule has 0 atom stereocenters. The molecule has 1 aliphatic heterocycles. The fraction of sp³-hybridized carbons (Fsp3) is 0.692. The van der Waals surface area contributed by atoms with Crippen LogP contribution in [0, 0.1) is 0 Å². The van der Waals surface area contributed by atoms with Crippen LogP contribution in [0.4, 0.5) is 14.9 Å². The normalized spacial score (nSPS) is 16.9. The van der Waals surface area contributed by atoms with Gasteiger partial charge in [0.15, 0.2) is 5.13 Å². The van der Waals surface area contributed by atoms with Gasteiger partial charge >= 0.3 is 6.09 Å². The van der Waals surface area contributed by atoms with Crippen LogP contribution >= 0.6 is 11.3 Å². The van der Waals surface area contributed by atoms with E-state index >= 15 is 0 Å². The first-order valence-corrected chi connectivity index (χ1v) is 7.63. The Morgan fingerprint density at radius 3 is 2.65 bits per heavy atom. The number of aromatic nitrogens is 1. The summed E-state index contributed by atoms with van der Waals surface area (Å²) in [6, 6.07) is 0.131. The molecule has 0 bridgehead atoms. The van der Waals surface area contributed by atoms with Crippen molar-refractivity contribution in [2.75, 3.05) is 23.7 Å². The number of piperidine rings is 1. The van der Waals surface area contributed by atoms with E-state index in [-0.39, 0.29) is 12.1 Å². The predicted octanol–water partition coefficient (Wildman–Crippen LogP) is 2.22. The number of nitrogens with two attached hydrogens (primary N) is 1. The van der Waals surface area contributed by atoms with Crippen LogP contribution in [0.2, 0.25) is 0 Å². The molecule has 1 fully saturated rings. The molecule has 1 aromatic rings. The van der Waals surface area contributed by atoms with E-state index in [4.69, 9.17) is 10.5 Å². The van der Waals surface area contributed by atoms with Crippen molar-refractivity contribution in [3.8, 4) is 0 Å². The molecule has 6 nitrogen and oxygen atoms in total. The van der Waals surface area contributed by atoms with E-state index in [9.17, 15) is 4.79 Å². The Bertz CT molecular complexity index is 463. The Labute approximate surface area is 123 Å². The van der Waals surface area contributed by atoms with Crippen molar-refractivity contribution >= 4 is 27.6 Å². The SMILES string of the molecule is CC(C)(C)OC(=O)N(c1cnc(N)s1)C1CCNCC1. The van der Waals surface area contributed by atoms with Gasteiger partial charge in [-0.3, -0.25) is 4.90 Å². The lowest BCUT2D eigenvalue weighted by molar-refractivity contribution is 0.0560. The first kappa shape index (κ1) is 15.1. The number of hydrogen-bond acceptors (Lipinski definition) is 6. The zero-order valence-corrected chi connectivity index (χ0v) is 13.0. The van der Waals surface area contributed by atoms with Crippen molar-refractivity contribution < 1.29 is 9.53 Å². The van der Waals surface area contributed by atoms with Crippen LogP contribution in [0.3, 0.4) is 0 Å². The summed E-state index contributed by atoms with van der Waals surface area (Å²) in [5, 5.41) is 4.51. The van der Waals surface area contributed by atoms with Gasteiger partial charge in [0.05, 0.1) is 6.20 Å². The highest BCUT2D eigenvalue weighted by Crippen LogP contribution is 2.30. The van der Waals surface area contributed by atoms with Crippen LogP contribution < -0.4 is 16.0 Å². The van der Waals surface area contributed by atoms with E-state index in [1.54, 1.807) is 11.1 Å². The van der Waals surface area contributed by atoms with E-state index < -0.39 is 5.60 Å². The second kappa shape index (κ2) is 5.97. The van der Waals surface area contributed by atoms with E-state index in [0.29, 0.717) is 5.13 Å². The van der Waals surface area contributed by atoms with Crippen molar-refractivity contribution in [1.29, 1.82) is 0 Å². The zero-order chi connectivity index (χ0) is 14.8. The van der Waals surface area contributed by atoms with E-state index in [0.717, 1.165) is 30.9 Å². The number of carbonyl (C=O) groups is 1. The molecule has 0 saturated carbocycles. The predicted molar refractivity (Wildman–Crippen MR) is 81.1 cm³/mol. The number of carbonyl (C=O) groups excluding carboxylic acids is 1. The van der Waals surface area contributed by atoms with E-state index in [1.807, 2.05) is 20.8 Å². The molecule has 0 aromatic carbocycles. The molecule has 7 heteroatoms. The van der Waals surface area contributed by atoms with Gasteiger partial charge in [-0.15, -0.1) is 0 Å². The molecule has 3 N–H and O–H groups in total. The number of ether oxygens (including phenoxy) is 1. The number of hydrogen-bond donors (Lipinski definition) is 2. The highest BCUT2D eigenvalue weighted by molar-refractivity contribution is 7.19. The monoisotopic (exact) mass is 298 g/mol. The first-order valence-electron chi connectivity index (χ1n) is 6.81. The average Bonchev–Trinajstić information content (AvgIpc) is 2.75. The molecule has 1 saturated heterocycles. The van der Waals surface area contributed by atoms with Crippen molar-refractivity contribution in [2.24, 2.45) is 0 Å². The fourth-order valence-corrected chi connectivity index (χ4v) is 2.93. The molecule has 2 heterocycles. The molecule has 0 spiro atoms. The van der Waals surface area contributed by atoms with Crippen molar-refractivity contribution in [3.63, 3.8) is 0 Å². The highest BCUT2D eigenvalue weighted by Gasteiger charge is 2.31. The molecule has 1 aromatic heterocycles. The van der Waals surface area contributed by atoms with Gasteiger partial charge in [0.25, 0.3) is 0 Å². The lowest BCUT2D eigenvalue weighted by Gasteiger charge is -2.34. The van der Waals surface area contributed by atoms with Gasteiger partial charge in [-0.05, 0) is 46.7 Å². The Balaban J connectivity index is 2.21. The molecule has 0 radical (unpaired) electrons. The van der Waals surface area contributed by atoms with E-state index in [2.05, 4.69) is 10.3 Å². The quantitative estimate of drug-likeness (QED) is 0.875. The number of rotatable bonds is 2. The summed E-state index contributed by atoms with van der Waals surface area (Å²) in [6.07, 6.45) is 3.12. The Morgan fingerprint density at radius 1 is 1.50 bits per heavy atom. The molecule has 0 aliphatic carbocycles. The maximum atomic E-state index is 12.5. The van der Waals surface area contributed by atoms with Gasteiger partial charge in [-0.2, -0.15) is 0 Å². The summed E-state index contributed by atoms with van der Waals surface area (Å²) >= 11 is 1.32. The van der Waals surface area contributed by atoms with Crippen LogP contribution in [0.1, 0.15) is 33.6 Å². The lowest BCUT2D eigenvalue weighted by Crippen LogP contribution is -2.47. The summed E-state index contributed by atoms with van der Waals surface area (Å²) in [4.78, 5) is 18.2. The number of nitrogen functional groups attached to an aromatic ring is 1. The number of anilines is 2. The summed E-state index contributed by atoms with van der Waals surface area (Å²) in [5.41, 5.74) is 5.17. The third kappa shape index (κ3) is 3.83. The summed E-state index contributed by atoms with van der Waals surface area (Å²) < 4.78 is 5.52. The molecule has 2 rings (SSSR count). The second-order valence-electron chi connectivity index (χ2n) is 5.87. The maximum absolute atomic E-state index is 12.5. The third-order valence-corrected chi connectivity index (χ3v) is 3.84. The van der Waals surface area contributed by atoms with Crippen LogP contribution in [0.5, 0.6) is 0 Å². The van der Waals surface area contributed by atoms with Crippen LogP contribution in [0.15, 0.2) is 6.20 Å². The topological polar surface area (TPSA) is 80.5 Å². The van der Waals surface area contributed by atoms with Crippen LogP contribution in [0.25, 0.3) is 0 Å². The minimum absolute atomic E-state index is 0.131. The number of thiazole rings is 1. The summed E-state index contributed by atoms with van der Waals surface area (Å²) in [6.45, 7) is 7.40. The zero-order valence-electron chi connectivity index (χ0n) is 12.2. The molecule has 1 aliphatic rings. The standard InChI is InChI=1S/C13H22N4O2S/c1-13(2,3)19-12(18)17(9-4-6-15-7-5-9)10-8-16-11(14)20-10/h8-9,15H,4-7H2,1-3H3,(H2,14,16). The molecule has 20 heavy (non-hydrogen) atoms. The van der Waals surface area contributed by atoms with Gasteiger partial charge < -0.3 is 15.8 Å². The lowest BCUT2D eigenvalue weighted by atomic mass is 10.1. The average molecular weight is 298 g/mol. The van der Waals surface area contributed by atoms with Gasteiger partial charge in [-0.1, -0.05) is 11.3 Å². The molecular weight excluding hydrogens is 276 g/mol. The number of nitrogens with one attached hydrogen (secondary N) is 1. The van der Waals surface area contributed by atoms with Gasteiger partial charge in [0.2, 0.25) is 0 Å². The Hall–Kier alpha value is -1.34. The first-order chi connectivity index (χ1) is 9.37. The largest absolute Gasteiger partial charge is 0.443 e. The Morgan fingerprint density at radius 2 is 2.15 bits per heavy atom. The minimum Gasteiger partial charge on any atom is -0.443 e. The molecule has 0 unspecified atom stereocenters. The number of amides is 1. The van der Waals surface area contributed by atoms with Crippen molar-refractivity contribution in [2.45, 2.75) is 45.3 Å². The second-order valence-corrected chi connectivity index (χ2v) is 6.91. The highest BCUT2D eigenvalue weighted by atomic mass is 32.1. The van der Waals surface area contributed by atoms with Crippen LogP contribution in [-0.4, -0.2) is 35.8 Å². The van der Waals surface area contributed by atoms with Gasteiger partial charge in [0, 0.05) is 6.04 Å². The summed E-state index contributed by atoms with van der Waals surface area (Å²) in [7, 11) is 0. The minimum atomic E-state index is -0.515. The van der Waals surface area contributed by atoms with Crippen molar-refractivity contribution in [1.82, 2.24) is 10.3 Å². The van der Waals surface area contributed by atoms with E-state index in [1.165, 1.54) is 11.3 Å². The smallest absolute Gasteiger partial charge is 0.415 e. The molecule has 112 valence electrons. The third-order valence-electron chi connectivity index (χ3n) is 3.01. The maximum Gasteiger partial charge on any atom is 0.415 e. The fourth-order valence-electron chi connectivity index (χ4n) is 2.19. The molecular formula is C13H22N4O2S.